The zero-order chi connectivity index (χ0) is 9.19. The standard InChI is InChI=1S/C8H9O3S.H2O/c1-2-7-4-3-5-8(6-7)12(9,10)11;/h3-4,6H,2H2,1H3,(H,9,10,11);1H2. The Morgan fingerprint density at radius 1 is 1.54 bits per heavy atom. The van der Waals surface area contributed by atoms with Gasteiger partial charge in [-0.1, -0.05) is 19.1 Å². The summed E-state index contributed by atoms with van der Waals surface area (Å²) in [5, 5.41) is 0. The Hall–Kier alpha value is -0.910. The lowest BCUT2D eigenvalue weighted by Gasteiger charge is -1.98. The van der Waals surface area contributed by atoms with E-state index in [1.807, 2.05) is 6.92 Å². The molecule has 0 aliphatic heterocycles. The van der Waals surface area contributed by atoms with Gasteiger partial charge in [0.05, 0.1) is 0 Å². The number of benzene rings is 1. The molecule has 0 atom stereocenters. The fraction of sp³-hybridized carbons (Fsp3) is 0.250. The normalized spacial score (nSPS) is 10.6. The van der Waals surface area contributed by atoms with Gasteiger partial charge in [-0.25, -0.2) is 0 Å². The van der Waals surface area contributed by atoms with Crippen LogP contribution in [0.5, 0.6) is 0 Å². The molecule has 73 valence electrons. The van der Waals surface area contributed by atoms with Crippen molar-refractivity contribution in [1.82, 2.24) is 0 Å². The quantitative estimate of drug-likeness (QED) is 0.709. The summed E-state index contributed by atoms with van der Waals surface area (Å²) in [5.74, 6) is 0. The topological polar surface area (TPSA) is 85.9 Å². The average Bonchev–Trinajstić information content (AvgIpc) is 2.03. The van der Waals surface area contributed by atoms with E-state index in [9.17, 15) is 8.42 Å². The molecule has 0 amide bonds. The molecule has 1 aromatic rings. The summed E-state index contributed by atoms with van der Waals surface area (Å²) in [5.41, 5.74) is 0.862. The van der Waals surface area contributed by atoms with E-state index in [-0.39, 0.29) is 10.4 Å². The molecule has 0 fully saturated rings. The fourth-order valence-electron chi connectivity index (χ4n) is 0.858. The predicted molar refractivity (Wildman–Crippen MR) is 48.1 cm³/mol. The zero-order valence-electron chi connectivity index (χ0n) is 7.11. The van der Waals surface area contributed by atoms with E-state index in [0.29, 0.717) is 0 Å². The number of hydrogen-bond donors (Lipinski definition) is 1. The second-order valence-electron chi connectivity index (χ2n) is 2.39. The molecule has 0 aromatic heterocycles. The van der Waals surface area contributed by atoms with Crippen LogP contribution in [0.3, 0.4) is 0 Å². The maximum absolute atomic E-state index is 10.6. The van der Waals surface area contributed by atoms with Crippen molar-refractivity contribution in [3.05, 3.63) is 29.8 Å². The maximum atomic E-state index is 10.6. The van der Waals surface area contributed by atoms with Crippen LogP contribution in [0.25, 0.3) is 0 Å². The second-order valence-corrected chi connectivity index (χ2v) is 3.78. The largest absolute Gasteiger partial charge is 0.412 e. The number of aryl methyl sites for hydroxylation is 1. The predicted octanol–water partition coefficient (Wildman–Crippen LogP) is 0.471. The molecule has 0 spiro atoms. The van der Waals surface area contributed by atoms with Gasteiger partial charge in [0.15, 0.2) is 0 Å². The molecular weight excluding hydrogens is 192 g/mol. The van der Waals surface area contributed by atoms with Crippen LogP contribution in [0.2, 0.25) is 0 Å². The molecule has 1 aromatic carbocycles. The average molecular weight is 203 g/mol. The summed E-state index contributed by atoms with van der Waals surface area (Å²) in [6, 6.07) is 7.10. The molecule has 13 heavy (non-hydrogen) atoms. The van der Waals surface area contributed by atoms with Crippen molar-refractivity contribution in [2.45, 2.75) is 18.2 Å². The van der Waals surface area contributed by atoms with Gasteiger partial charge in [0.2, 0.25) is 0 Å². The third-order valence-electron chi connectivity index (χ3n) is 1.53. The fourth-order valence-corrected chi connectivity index (χ4v) is 1.38. The van der Waals surface area contributed by atoms with E-state index < -0.39 is 10.1 Å². The summed E-state index contributed by atoms with van der Waals surface area (Å²) in [6.07, 6.45) is 0.733. The molecule has 5 heteroatoms. The first-order chi connectivity index (χ1) is 5.54. The van der Waals surface area contributed by atoms with E-state index in [2.05, 4.69) is 6.07 Å². The van der Waals surface area contributed by atoms with Gasteiger partial charge >= 0.3 is 0 Å². The molecule has 4 nitrogen and oxygen atoms in total. The molecule has 0 aliphatic rings. The number of rotatable bonds is 2. The first kappa shape index (κ1) is 12.1. The molecule has 1 rings (SSSR count). The van der Waals surface area contributed by atoms with Crippen molar-refractivity contribution in [3.63, 3.8) is 0 Å². The lowest BCUT2D eigenvalue weighted by molar-refractivity contribution is 0.483. The van der Waals surface area contributed by atoms with Gasteiger partial charge in [0, 0.05) is 6.07 Å². The Morgan fingerprint density at radius 2 is 2.15 bits per heavy atom. The monoisotopic (exact) mass is 203 g/mol. The van der Waals surface area contributed by atoms with Gasteiger partial charge in [-0.3, -0.25) is 4.55 Å². The van der Waals surface area contributed by atoms with Crippen LogP contribution in [0.1, 0.15) is 12.5 Å². The minimum Gasteiger partial charge on any atom is -0.412 e. The van der Waals surface area contributed by atoms with Crippen LogP contribution >= 0.6 is 0 Å². The van der Waals surface area contributed by atoms with Gasteiger partial charge in [0.1, 0.15) is 4.90 Å². The van der Waals surface area contributed by atoms with Crippen molar-refractivity contribution >= 4 is 10.1 Å². The van der Waals surface area contributed by atoms with E-state index in [0.717, 1.165) is 12.0 Å². The van der Waals surface area contributed by atoms with Crippen LogP contribution in [-0.2, 0) is 16.5 Å². The Kier molecular flexibility index (Phi) is 4.06. The van der Waals surface area contributed by atoms with Crippen LogP contribution in [0, 0.1) is 6.07 Å². The van der Waals surface area contributed by atoms with Crippen LogP contribution < -0.4 is 0 Å². The highest BCUT2D eigenvalue weighted by Crippen LogP contribution is 2.10. The Labute approximate surface area is 77.3 Å². The Morgan fingerprint density at radius 3 is 2.62 bits per heavy atom. The third-order valence-corrected chi connectivity index (χ3v) is 2.32. The first-order valence-corrected chi connectivity index (χ1v) is 4.96. The molecular formula is C8H11O4S. The van der Waals surface area contributed by atoms with Crippen LogP contribution in [0.4, 0.5) is 0 Å². The third kappa shape index (κ3) is 3.14. The highest BCUT2D eigenvalue weighted by Gasteiger charge is 2.08. The summed E-state index contributed by atoms with van der Waals surface area (Å²) >= 11 is 0. The summed E-state index contributed by atoms with van der Waals surface area (Å²) < 4.78 is 29.9. The molecule has 0 saturated carbocycles. The van der Waals surface area contributed by atoms with Crippen molar-refractivity contribution < 1.29 is 18.4 Å². The SMILES string of the molecule is CCc1cc[c]c(S(=O)(=O)O)c1.O. The molecule has 0 aliphatic carbocycles. The Balaban J connectivity index is 0.00000144. The highest BCUT2D eigenvalue weighted by molar-refractivity contribution is 7.85. The molecule has 0 bridgehead atoms. The summed E-state index contributed by atoms with van der Waals surface area (Å²) in [4.78, 5) is -0.165. The van der Waals surface area contributed by atoms with Crippen molar-refractivity contribution in [2.75, 3.05) is 0 Å². The smallest absolute Gasteiger partial charge is 0.295 e. The maximum Gasteiger partial charge on any atom is 0.295 e. The number of hydrogen-bond acceptors (Lipinski definition) is 2. The summed E-state index contributed by atoms with van der Waals surface area (Å²) in [6.45, 7) is 1.91. The minimum atomic E-state index is -4.09. The molecule has 0 heterocycles. The lowest BCUT2D eigenvalue weighted by Crippen LogP contribution is -1.98. The first-order valence-electron chi connectivity index (χ1n) is 3.52. The van der Waals surface area contributed by atoms with Crippen molar-refractivity contribution in [3.8, 4) is 0 Å². The van der Waals surface area contributed by atoms with Crippen molar-refractivity contribution in [2.24, 2.45) is 0 Å². The highest BCUT2D eigenvalue weighted by atomic mass is 32.2. The molecule has 0 unspecified atom stereocenters. The van der Waals surface area contributed by atoms with E-state index in [4.69, 9.17) is 4.55 Å². The molecule has 3 N–H and O–H groups in total. The van der Waals surface area contributed by atoms with Gasteiger partial charge in [-0.2, -0.15) is 8.42 Å². The second kappa shape index (κ2) is 4.36. The van der Waals surface area contributed by atoms with Crippen LogP contribution in [0.15, 0.2) is 23.1 Å². The van der Waals surface area contributed by atoms with Gasteiger partial charge in [-0.15, -0.1) is 0 Å². The van der Waals surface area contributed by atoms with Crippen molar-refractivity contribution in [1.29, 1.82) is 0 Å². The van der Waals surface area contributed by atoms with E-state index in [1.54, 1.807) is 6.07 Å². The van der Waals surface area contributed by atoms with Crippen LogP contribution in [-0.4, -0.2) is 18.4 Å². The summed E-state index contributed by atoms with van der Waals surface area (Å²) in [7, 11) is -4.09. The van der Waals surface area contributed by atoms with E-state index in [1.165, 1.54) is 12.1 Å². The molecule has 1 radical (unpaired) electrons. The minimum absolute atomic E-state index is 0. The van der Waals surface area contributed by atoms with E-state index >= 15 is 0 Å². The van der Waals surface area contributed by atoms with Gasteiger partial charge < -0.3 is 5.48 Å². The van der Waals surface area contributed by atoms with Gasteiger partial charge in [-0.05, 0) is 18.1 Å². The molecule has 0 saturated heterocycles. The lowest BCUT2D eigenvalue weighted by atomic mass is 10.2. The van der Waals surface area contributed by atoms with Gasteiger partial charge in [0.25, 0.3) is 10.1 Å². The Bertz CT molecular complexity index is 369. The zero-order valence-corrected chi connectivity index (χ0v) is 7.93.